The Hall–Kier alpha value is -1.91. The van der Waals surface area contributed by atoms with Crippen molar-refractivity contribution in [2.24, 2.45) is 5.92 Å². The van der Waals surface area contributed by atoms with E-state index in [0.717, 1.165) is 64.5 Å². The summed E-state index contributed by atoms with van der Waals surface area (Å²) in [7, 11) is 0. The Labute approximate surface area is 143 Å². The number of carbonyl (C=O) groups excluding carboxylic acids is 2. The van der Waals surface area contributed by atoms with E-state index >= 15 is 0 Å². The third-order valence-corrected chi connectivity index (χ3v) is 5.28. The van der Waals surface area contributed by atoms with Gasteiger partial charge in [-0.3, -0.25) is 14.6 Å². The van der Waals surface area contributed by atoms with Crippen molar-refractivity contribution in [3.63, 3.8) is 0 Å². The average Bonchev–Trinajstić information content (AvgIpc) is 2.67. The third kappa shape index (κ3) is 3.94. The monoisotopic (exact) mass is 329 g/mol. The molecule has 1 aliphatic heterocycles. The number of nitrogens with zero attached hydrogens (tertiary/aromatic N) is 2. The summed E-state index contributed by atoms with van der Waals surface area (Å²) in [5.41, 5.74) is 0.671. The zero-order valence-corrected chi connectivity index (χ0v) is 14.2. The molecule has 1 aromatic heterocycles. The normalized spacial score (nSPS) is 26.0. The summed E-state index contributed by atoms with van der Waals surface area (Å²) in [6, 6.07) is 3.56. The van der Waals surface area contributed by atoms with E-state index in [0.29, 0.717) is 5.56 Å². The molecule has 0 radical (unpaired) electrons. The summed E-state index contributed by atoms with van der Waals surface area (Å²) in [6.07, 6.45) is 11.5. The minimum atomic E-state index is -0.0670. The molecule has 5 heteroatoms. The van der Waals surface area contributed by atoms with Gasteiger partial charge < -0.3 is 10.2 Å². The van der Waals surface area contributed by atoms with Gasteiger partial charge in [0.25, 0.3) is 5.91 Å². The van der Waals surface area contributed by atoms with Crippen molar-refractivity contribution in [3.05, 3.63) is 30.1 Å². The highest BCUT2D eigenvalue weighted by atomic mass is 16.2. The molecule has 1 saturated heterocycles. The molecule has 2 atom stereocenters. The molecule has 1 N–H and O–H groups in total. The second kappa shape index (κ2) is 8.27. The van der Waals surface area contributed by atoms with E-state index in [1.165, 1.54) is 0 Å². The van der Waals surface area contributed by atoms with Gasteiger partial charge in [0.2, 0.25) is 5.91 Å². The Morgan fingerprint density at radius 3 is 2.62 bits per heavy atom. The van der Waals surface area contributed by atoms with Crippen LogP contribution in [0.15, 0.2) is 24.5 Å². The maximum atomic E-state index is 13.1. The predicted octanol–water partition coefficient (Wildman–Crippen LogP) is 2.77. The van der Waals surface area contributed by atoms with Crippen LogP contribution in [0.4, 0.5) is 0 Å². The molecule has 5 nitrogen and oxygen atoms in total. The maximum absolute atomic E-state index is 13.1. The number of hydrogen-bond donors (Lipinski definition) is 1. The fourth-order valence-corrected chi connectivity index (χ4v) is 3.97. The topological polar surface area (TPSA) is 62.3 Å². The number of hydrogen-bond acceptors (Lipinski definition) is 3. The van der Waals surface area contributed by atoms with Gasteiger partial charge in [-0.25, -0.2) is 0 Å². The summed E-state index contributed by atoms with van der Waals surface area (Å²) in [4.78, 5) is 31.7. The molecule has 0 aromatic carbocycles. The van der Waals surface area contributed by atoms with Crippen LogP contribution in [0.3, 0.4) is 0 Å². The highest BCUT2D eigenvalue weighted by molar-refractivity contribution is 5.94. The van der Waals surface area contributed by atoms with E-state index in [9.17, 15) is 9.59 Å². The fourth-order valence-electron chi connectivity index (χ4n) is 3.97. The number of nitrogens with one attached hydrogen (secondary N) is 1. The Morgan fingerprint density at radius 1 is 1.04 bits per heavy atom. The van der Waals surface area contributed by atoms with Crippen LogP contribution in [0.5, 0.6) is 0 Å². The van der Waals surface area contributed by atoms with Crippen molar-refractivity contribution in [2.75, 3.05) is 13.1 Å². The lowest BCUT2D eigenvalue weighted by Crippen LogP contribution is -2.51. The molecule has 1 aliphatic carbocycles. The predicted molar refractivity (Wildman–Crippen MR) is 92.5 cm³/mol. The van der Waals surface area contributed by atoms with E-state index in [4.69, 9.17) is 0 Å². The van der Waals surface area contributed by atoms with Crippen LogP contribution in [0.2, 0.25) is 0 Å². The van der Waals surface area contributed by atoms with Gasteiger partial charge in [0.1, 0.15) is 0 Å². The smallest absolute Gasteiger partial charge is 0.254 e. The van der Waals surface area contributed by atoms with Gasteiger partial charge in [-0.15, -0.1) is 0 Å². The highest BCUT2D eigenvalue weighted by Gasteiger charge is 2.37. The van der Waals surface area contributed by atoms with Crippen molar-refractivity contribution in [2.45, 2.75) is 57.4 Å². The van der Waals surface area contributed by atoms with Gasteiger partial charge in [-0.2, -0.15) is 0 Å². The average molecular weight is 329 g/mol. The fraction of sp³-hybridized carbons (Fsp3) is 0.632. The van der Waals surface area contributed by atoms with E-state index in [2.05, 4.69) is 10.3 Å². The molecule has 3 rings (SSSR count). The van der Waals surface area contributed by atoms with Crippen LogP contribution < -0.4 is 5.32 Å². The number of fused-ring (bicyclic) bond motifs is 1. The number of rotatable bonds is 1. The molecule has 1 saturated carbocycles. The quantitative estimate of drug-likeness (QED) is 0.862. The van der Waals surface area contributed by atoms with Crippen molar-refractivity contribution < 1.29 is 9.59 Å². The van der Waals surface area contributed by atoms with Crippen LogP contribution in [0.1, 0.15) is 61.7 Å². The molecular formula is C19H27N3O2. The Morgan fingerprint density at radius 2 is 1.79 bits per heavy atom. The molecule has 0 spiro atoms. The first kappa shape index (κ1) is 16.9. The molecule has 0 bridgehead atoms. The van der Waals surface area contributed by atoms with E-state index in [-0.39, 0.29) is 23.8 Å². The first-order valence-electron chi connectivity index (χ1n) is 9.26. The lowest BCUT2D eigenvalue weighted by molar-refractivity contribution is -0.128. The van der Waals surface area contributed by atoms with Crippen molar-refractivity contribution >= 4 is 11.8 Å². The molecule has 2 amide bonds. The lowest BCUT2D eigenvalue weighted by atomic mass is 9.82. The van der Waals surface area contributed by atoms with Crippen molar-refractivity contribution in [1.29, 1.82) is 0 Å². The number of aromatic nitrogens is 1. The SMILES string of the molecule is O=C1NCCCCCCN(C(=O)c2ccncc2)[C@H]2CCCC[C@@H]12. The Kier molecular flexibility index (Phi) is 5.83. The summed E-state index contributed by atoms with van der Waals surface area (Å²) in [6.45, 7) is 1.51. The number of carbonyl (C=O) groups is 2. The molecule has 2 fully saturated rings. The van der Waals surface area contributed by atoms with E-state index in [1.54, 1.807) is 24.5 Å². The Balaban J connectivity index is 1.86. The molecule has 2 aliphatic rings. The molecule has 2 heterocycles. The summed E-state index contributed by atoms with van der Waals surface area (Å²) < 4.78 is 0. The molecular weight excluding hydrogens is 302 g/mol. The summed E-state index contributed by atoms with van der Waals surface area (Å²) in [5.74, 6) is 0.109. The highest BCUT2D eigenvalue weighted by Crippen LogP contribution is 2.30. The zero-order valence-electron chi connectivity index (χ0n) is 14.2. The van der Waals surface area contributed by atoms with Crippen LogP contribution in [-0.4, -0.2) is 40.8 Å². The zero-order chi connectivity index (χ0) is 16.8. The van der Waals surface area contributed by atoms with Crippen LogP contribution in [0.25, 0.3) is 0 Å². The summed E-state index contributed by atoms with van der Waals surface area (Å²) >= 11 is 0. The second-order valence-electron chi connectivity index (χ2n) is 6.90. The lowest BCUT2D eigenvalue weighted by Gasteiger charge is -2.39. The van der Waals surface area contributed by atoms with Gasteiger partial charge in [0.05, 0.1) is 5.92 Å². The van der Waals surface area contributed by atoms with Gasteiger partial charge in [-0.05, 0) is 37.8 Å². The van der Waals surface area contributed by atoms with E-state index in [1.807, 2.05) is 4.90 Å². The molecule has 24 heavy (non-hydrogen) atoms. The second-order valence-corrected chi connectivity index (χ2v) is 6.90. The van der Waals surface area contributed by atoms with Crippen molar-refractivity contribution in [3.8, 4) is 0 Å². The number of amides is 2. The standard InChI is InChI=1S/C19H27N3O2/c23-18-16-7-3-4-8-17(16)22(14-6-2-1-5-11-21-18)19(24)15-9-12-20-13-10-15/h9-10,12-13,16-17H,1-8,11,14H2,(H,21,23)/t16-,17+/m1/s1. The number of pyridine rings is 1. The van der Waals surface area contributed by atoms with Crippen LogP contribution in [-0.2, 0) is 4.79 Å². The van der Waals surface area contributed by atoms with Gasteiger partial charge in [-0.1, -0.05) is 25.7 Å². The van der Waals surface area contributed by atoms with Crippen molar-refractivity contribution in [1.82, 2.24) is 15.2 Å². The third-order valence-electron chi connectivity index (χ3n) is 5.28. The largest absolute Gasteiger partial charge is 0.356 e. The minimum absolute atomic E-state index is 0.0255. The molecule has 130 valence electrons. The van der Waals surface area contributed by atoms with Gasteiger partial charge >= 0.3 is 0 Å². The van der Waals surface area contributed by atoms with E-state index < -0.39 is 0 Å². The molecule has 1 aromatic rings. The van der Waals surface area contributed by atoms with Gasteiger partial charge in [0, 0.05) is 37.1 Å². The maximum Gasteiger partial charge on any atom is 0.254 e. The molecule has 0 unspecified atom stereocenters. The summed E-state index contributed by atoms with van der Waals surface area (Å²) in [5, 5.41) is 3.09. The first-order chi connectivity index (χ1) is 11.8. The first-order valence-corrected chi connectivity index (χ1v) is 9.26. The van der Waals surface area contributed by atoms with Crippen LogP contribution in [0, 0.1) is 5.92 Å². The Bertz CT molecular complexity index is 561. The van der Waals surface area contributed by atoms with Gasteiger partial charge in [0.15, 0.2) is 0 Å². The van der Waals surface area contributed by atoms with Crippen LogP contribution >= 0.6 is 0 Å². The minimum Gasteiger partial charge on any atom is -0.356 e.